The first-order valence-electron chi connectivity index (χ1n) is 6.36. The molecule has 0 bridgehead atoms. The maximum absolute atomic E-state index is 9.55. The first-order chi connectivity index (χ1) is 8.11. The number of aromatic hydroxyl groups is 2. The van der Waals surface area contributed by atoms with E-state index >= 15 is 0 Å². The molecule has 3 heteroatoms. The number of phenolic OH excluding ortho intramolecular Hbond substituents is 2. The predicted molar refractivity (Wildman–Crippen MR) is 68.4 cm³/mol. The van der Waals surface area contributed by atoms with Crippen LogP contribution in [0.5, 0.6) is 11.5 Å². The van der Waals surface area contributed by atoms with E-state index in [0.29, 0.717) is 11.8 Å². The molecular formula is C14H21NO2. The molecule has 0 radical (unpaired) electrons. The van der Waals surface area contributed by atoms with E-state index in [2.05, 4.69) is 18.7 Å². The third-order valence-corrected chi connectivity index (χ3v) is 3.66. The van der Waals surface area contributed by atoms with Crippen LogP contribution in [0.3, 0.4) is 0 Å². The summed E-state index contributed by atoms with van der Waals surface area (Å²) in [5.74, 6) is 1.02. The Morgan fingerprint density at radius 2 is 2.00 bits per heavy atom. The number of likely N-dealkylation sites (tertiary alicyclic amines) is 1. The molecule has 2 atom stereocenters. The Hall–Kier alpha value is -1.22. The maximum atomic E-state index is 9.55. The molecule has 17 heavy (non-hydrogen) atoms. The summed E-state index contributed by atoms with van der Waals surface area (Å²) in [5.41, 5.74) is 1.13. The van der Waals surface area contributed by atoms with Crippen molar-refractivity contribution in [2.24, 2.45) is 5.92 Å². The molecule has 3 nitrogen and oxygen atoms in total. The summed E-state index contributed by atoms with van der Waals surface area (Å²) in [4.78, 5) is 2.47. The van der Waals surface area contributed by atoms with Gasteiger partial charge in [-0.3, -0.25) is 0 Å². The van der Waals surface area contributed by atoms with E-state index in [4.69, 9.17) is 0 Å². The highest BCUT2D eigenvalue weighted by Gasteiger charge is 2.30. The van der Waals surface area contributed by atoms with Crippen LogP contribution in [0.15, 0.2) is 18.2 Å². The average Bonchev–Trinajstić information content (AvgIpc) is 2.64. The average molecular weight is 235 g/mol. The van der Waals surface area contributed by atoms with Crippen LogP contribution in [0.2, 0.25) is 0 Å². The second-order valence-corrected chi connectivity index (χ2v) is 5.09. The molecule has 0 spiro atoms. The van der Waals surface area contributed by atoms with Gasteiger partial charge in [0.15, 0.2) is 11.5 Å². The molecule has 94 valence electrons. The van der Waals surface area contributed by atoms with E-state index in [9.17, 15) is 10.2 Å². The highest BCUT2D eigenvalue weighted by molar-refractivity contribution is 5.42. The molecule has 0 saturated carbocycles. The van der Waals surface area contributed by atoms with Gasteiger partial charge in [-0.1, -0.05) is 19.9 Å². The van der Waals surface area contributed by atoms with Crippen molar-refractivity contribution < 1.29 is 10.2 Å². The number of phenols is 2. The van der Waals surface area contributed by atoms with Gasteiger partial charge in [0.25, 0.3) is 0 Å². The van der Waals surface area contributed by atoms with Crippen molar-refractivity contribution in [1.82, 2.24) is 4.90 Å². The molecule has 0 amide bonds. The Kier molecular flexibility index (Phi) is 3.57. The van der Waals surface area contributed by atoms with Gasteiger partial charge in [-0.2, -0.15) is 0 Å². The zero-order valence-electron chi connectivity index (χ0n) is 10.6. The van der Waals surface area contributed by atoms with Crippen molar-refractivity contribution in [2.45, 2.75) is 26.2 Å². The SMILES string of the molecule is CCCN1C[C@@H](C)[C@@H](c2ccc(O)c(O)c2)C1. The van der Waals surface area contributed by atoms with E-state index in [-0.39, 0.29) is 11.5 Å². The lowest BCUT2D eigenvalue weighted by molar-refractivity contribution is 0.327. The number of hydrogen-bond acceptors (Lipinski definition) is 3. The molecular weight excluding hydrogens is 214 g/mol. The lowest BCUT2D eigenvalue weighted by Gasteiger charge is -2.16. The summed E-state index contributed by atoms with van der Waals surface area (Å²) in [6.45, 7) is 7.78. The molecule has 1 aliphatic heterocycles. The Morgan fingerprint density at radius 1 is 1.24 bits per heavy atom. The number of rotatable bonds is 3. The van der Waals surface area contributed by atoms with Crippen molar-refractivity contribution in [1.29, 1.82) is 0 Å². The number of hydrogen-bond donors (Lipinski definition) is 2. The fourth-order valence-corrected chi connectivity index (χ4v) is 2.77. The molecule has 1 fully saturated rings. The zero-order valence-corrected chi connectivity index (χ0v) is 10.6. The van der Waals surface area contributed by atoms with Crippen LogP contribution in [0.1, 0.15) is 31.7 Å². The molecule has 2 rings (SSSR count). The Labute approximate surface area is 103 Å². The van der Waals surface area contributed by atoms with Crippen LogP contribution in [0.25, 0.3) is 0 Å². The summed E-state index contributed by atoms with van der Waals surface area (Å²) in [5, 5.41) is 18.9. The van der Waals surface area contributed by atoms with Gasteiger partial charge >= 0.3 is 0 Å². The standard InChI is InChI=1S/C14H21NO2/c1-3-6-15-8-10(2)12(9-15)11-4-5-13(16)14(17)7-11/h4-5,7,10,12,16-17H,3,6,8-9H2,1-2H3/t10-,12+/m1/s1. The molecule has 1 saturated heterocycles. The summed E-state index contributed by atoms with van der Waals surface area (Å²) < 4.78 is 0. The molecule has 1 aromatic carbocycles. The molecule has 1 aliphatic rings. The summed E-state index contributed by atoms with van der Waals surface area (Å²) in [6.07, 6.45) is 1.18. The van der Waals surface area contributed by atoms with Gasteiger partial charge in [-0.25, -0.2) is 0 Å². The molecule has 0 aliphatic carbocycles. The van der Waals surface area contributed by atoms with Crippen LogP contribution >= 0.6 is 0 Å². The molecule has 1 heterocycles. The monoisotopic (exact) mass is 235 g/mol. The number of nitrogens with zero attached hydrogens (tertiary/aromatic N) is 1. The molecule has 2 N–H and O–H groups in total. The fourth-order valence-electron chi connectivity index (χ4n) is 2.77. The van der Waals surface area contributed by atoms with Gasteiger partial charge < -0.3 is 15.1 Å². The highest BCUT2D eigenvalue weighted by atomic mass is 16.3. The minimum absolute atomic E-state index is 0.0105. The van der Waals surface area contributed by atoms with E-state index in [1.165, 1.54) is 6.42 Å². The van der Waals surface area contributed by atoms with E-state index in [1.54, 1.807) is 12.1 Å². The molecule has 1 aromatic rings. The smallest absolute Gasteiger partial charge is 0.157 e. The lowest BCUT2D eigenvalue weighted by atomic mass is 9.90. The van der Waals surface area contributed by atoms with Gasteiger partial charge in [-0.15, -0.1) is 0 Å². The molecule has 0 unspecified atom stereocenters. The minimum atomic E-state index is -0.0372. The van der Waals surface area contributed by atoms with E-state index in [1.807, 2.05) is 6.07 Å². The van der Waals surface area contributed by atoms with E-state index < -0.39 is 0 Å². The fraction of sp³-hybridized carbons (Fsp3) is 0.571. The summed E-state index contributed by atoms with van der Waals surface area (Å²) in [7, 11) is 0. The summed E-state index contributed by atoms with van der Waals surface area (Å²) in [6, 6.07) is 5.21. The topological polar surface area (TPSA) is 43.7 Å². The second kappa shape index (κ2) is 4.96. The van der Waals surface area contributed by atoms with Gasteiger partial charge in [0.2, 0.25) is 0 Å². The Balaban J connectivity index is 2.14. The van der Waals surface area contributed by atoms with Crippen LogP contribution in [-0.2, 0) is 0 Å². The van der Waals surface area contributed by atoms with Crippen LogP contribution in [-0.4, -0.2) is 34.7 Å². The predicted octanol–water partition coefficient (Wildman–Crippen LogP) is 2.54. The van der Waals surface area contributed by atoms with Crippen molar-refractivity contribution in [2.75, 3.05) is 19.6 Å². The normalized spacial score (nSPS) is 25.3. The van der Waals surface area contributed by atoms with Crippen molar-refractivity contribution >= 4 is 0 Å². The Bertz CT molecular complexity index is 392. The summed E-state index contributed by atoms with van der Waals surface area (Å²) >= 11 is 0. The van der Waals surface area contributed by atoms with Crippen molar-refractivity contribution in [3.8, 4) is 11.5 Å². The van der Waals surface area contributed by atoms with Gasteiger partial charge in [-0.05, 0) is 36.6 Å². The largest absolute Gasteiger partial charge is 0.504 e. The van der Waals surface area contributed by atoms with Crippen LogP contribution < -0.4 is 0 Å². The number of benzene rings is 1. The van der Waals surface area contributed by atoms with Crippen LogP contribution in [0.4, 0.5) is 0 Å². The first-order valence-corrected chi connectivity index (χ1v) is 6.36. The van der Waals surface area contributed by atoms with E-state index in [0.717, 1.165) is 25.2 Å². The van der Waals surface area contributed by atoms with Crippen LogP contribution in [0, 0.1) is 5.92 Å². The van der Waals surface area contributed by atoms with Crippen molar-refractivity contribution in [3.63, 3.8) is 0 Å². The Morgan fingerprint density at radius 3 is 2.65 bits per heavy atom. The quantitative estimate of drug-likeness (QED) is 0.791. The second-order valence-electron chi connectivity index (χ2n) is 5.09. The lowest BCUT2D eigenvalue weighted by Crippen LogP contribution is -2.21. The third-order valence-electron chi connectivity index (χ3n) is 3.66. The van der Waals surface area contributed by atoms with Gasteiger partial charge in [0, 0.05) is 19.0 Å². The highest BCUT2D eigenvalue weighted by Crippen LogP contribution is 2.36. The first kappa shape index (κ1) is 12.2. The van der Waals surface area contributed by atoms with Gasteiger partial charge in [0.05, 0.1) is 0 Å². The minimum Gasteiger partial charge on any atom is -0.504 e. The third kappa shape index (κ3) is 2.55. The maximum Gasteiger partial charge on any atom is 0.157 e. The zero-order chi connectivity index (χ0) is 12.4. The van der Waals surface area contributed by atoms with Crippen molar-refractivity contribution in [3.05, 3.63) is 23.8 Å². The molecule has 0 aromatic heterocycles. The van der Waals surface area contributed by atoms with Gasteiger partial charge in [0.1, 0.15) is 0 Å².